The molecule has 4 heterocycles. The lowest BCUT2D eigenvalue weighted by atomic mass is 9.83. The van der Waals surface area contributed by atoms with Gasteiger partial charge >= 0.3 is 0 Å². The van der Waals surface area contributed by atoms with Gasteiger partial charge in [0.25, 0.3) is 0 Å². The van der Waals surface area contributed by atoms with Crippen molar-refractivity contribution in [1.29, 1.82) is 0 Å². The van der Waals surface area contributed by atoms with E-state index in [1.165, 1.54) is 0 Å². The third-order valence-electron chi connectivity index (χ3n) is 15.2. The largest absolute Gasteiger partial charge is 0.351 e. The van der Waals surface area contributed by atoms with E-state index < -0.39 is 82.8 Å². The number of carbonyl (C=O) groups excluding carboxylic acids is 8. The van der Waals surface area contributed by atoms with Crippen LogP contribution in [0, 0.1) is 10.8 Å². The van der Waals surface area contributed by atoms with Gasteiger partial charge in [-0.05, 0) is 113 Å². The Hall–Kier alpha value is -1.68. The Morgan fingerprint density at radius 2 is 0.780 bits per heavy atom. The number of likely N-dealkylation sites (N-methyl/N-ethyl adjacent to an activating group) is 2. The zero-order valence-corrected chi connectivity index (χ0v) is 59.4. The number of benzene rings is 2. The van der Waals surface area contributed by atoms with Crippen LogP contribution in [-0.2, 0) is 38.4 Å². The third-order valence-corrected chi connectivity index (χ3v) is 17.7. The predicted molar refractivity (Wildman–Crippen MR) is 381 cm³/mol. The number of fused-ring (bicyclic) bond motifs is 2. The van der Waals surface area contributed by atoms with Gasteiger partial charge in [-0.15, -0.1) is 23.5 Å². The summed E-state index contributed by atoms with van der Waals surface area (Å²) in [7, 11) is 3.35. The molecule has 5 aliphatic rings. The SMILES string of the molecule is CN[C@@H](C)C(=O)N[C@H]1CCS[C@H]2CC(C)(C)[C@@H](C(=O)N[C@@H](C(=O)NC3CCC(NC(=O)[C@@H](NC(=O)[C@H]4N5C(=O)[C@H](NC(=O)[C@H](C)NC)CCS[C@H]5CC4(C)C)c4ccccc4)CC3)c3ccccc3)N2C1=O.S.S.S.S.S.S.S.S.S.S. The van der Waals surface area contributed by atoms with Crippen molar-refractivity contribution in [2.75, 3.05) is 25.6 Å². The van der Waals surface area contributed by atoms with E-state index in [4.69, 9.17) is 0 Å². The standard InChI is InChI=1S/C52H74N10O8S2.10H2S/c1-29(53-7)43(63)57-35-23-25-71-37-27-51(3,4)41(61(37)49(35)69)47(67)59-39(31-15-11-9-12-16-31)45(65)55-33-19-21-34(22-20-33)56-46(66)40(32-17-13-10-14-18-32)60-48(68)42-52(5,6)28-38-62(42)50(70)36(24-26-72-38)58-44(64)30(2)54-8;;;;;;;;;;/h9-18,29-30,33-42,53-54H,19-28H2,1-8H3,(H,55,65)(H,56,66)(H,57,63)(H,58,64)(H,59,67)(H,60,68);10*1H2/t29-,30-,33?,34?,35-,36+,37-,38-,39+,40-,41+,42+;;;;;;;;;;/m0........../s1. The van der Waals surface area contributed by atoms with Crippen molar-refractivity contribution in [1.82, 2.24) is 52.3 Å². The zero-order valence-electron chi connectivity index (χ0n) is 47.7. The lowest BCUT2D eigenvalue weighted by Gasteiger charge is -2.36. The van der Waals surface area contributed by atoms with E-state index in [0.717, 1.165) is 0 Å². The van der Waals surface area contributed by atoms with Crippen LogP contribution in [0.3, 0.4) is 0 Å². The molecule has 472 valence electrons. The second-order valence-electron chi connectivity index (χ2n) is 21.3. The average Bonchev–Trinajstić information content (AvgIpc) is 3.68. The summed E-state index contributed by atoms with van der Waals surface area (Å²) in [5.74, 6) is -1.69. The van der Waals surface area contributed by atoms with Crippen molar-refractivity contribution >= 4 is 206 Å². The molecule has 5 fully saturated rings. The van der Waals surface area contributed by atoms with Crippen LogP contribution < -0.4 is 42.5 Å². The Morgan fingerprint density at radius 3 is 1.07 bits per heavy atom. The van der Waals surface area contributed by atoms with Crippen molar-refractivity contribution < 1.29 is 38.4 Å². The molecule has 0 unspecified atom stereocenters. The Bertz CT molecular complexity index is 2190. The molecule has 0 bridgehead atoms. The summed E-state index contributed by atoms with van der Waals surface area (Å²) in [5, 5.41) is 23.5. The maximum Gasteiger partial charge on any atom is 0.247 e. The first-order valence-corrected chi connectivity index (χ1v) is 27.5. The molecule has 8 N–H and O–H groups in total. The van der Waals surface area contributed by atoms with E-state index in [1.54, 1.807) is 110 Å². The second-order valence-corrected chi connectivity index (χ2v) is 23.9. The normalized spacial score (nSPS) is 24.9. The molecule has 0 aromatic heterocycles. The first-order valence-electron chi connectivity index (χ1n) is 25.4. The number of hydrogen-bond donors (Lipinski definition) is 8. The summed E-state index contributed by atoms with van der Waals surface area (Å²) in [6.45, 7) is 11.2. The number of hydrogen-bond acceptors (Lipinski definition) is 12. The minimum absolute atomic E-state index is 0. The molecule has 8 amide bonds. The summed E-state index contributed by atoms with van der Waals surface area (Å²) in [6, 6.07) is 10.9. The van der Waals surface area contributed by atoms with E-state index in [0.29, 0.717) is 74.0 Å². The molecule has 0 spiro atoms. The number of thioether (sulfide) groups is 2. The summed E-state index contributed by atoms with van der Waals surface area (Å²) >= 11 is 3.20. The van der Waals surface area contributed by atoms with Gasteiger partial charge in [-0.2, -0.15) is 135 Å². The Morgan fingerprint density at radius 1 is 0.476 bits per heavy atom. The Kier molecular flexibility index (Phi) is 40.8. The first kappa shape index (κ1) is 86.8. The van der Waals surface area contributed by atoms with Crippen LogP contribution in [0.15, 0.2) is 60.7 Å². The number of rotatable bonds is 16. The highest BCUT2D eigenvalue weighted by Crippen LogP contribution is 2.48. The fourth-order valence-electron chi connectivity index (χ4n) is 10.8. The Labute approximate surface area is 563 Å². The van der Waals surface area contributed by atoms with Gasteiger partial charge < -0.3 is 52.3 Å². The highest BCUT2D eigenvalue weighted by atomic mass is 32.2. The van der Waals surface area contributed by atoms with Crippen LogP contribution in [0.25, 0.3) is 0 Å². The van der Waals surface area contributed by atoms with Crippen LogP contribution in [0.5, 0.6) is 0 Å². The zero-order chi connectivity index (χ0) is 52.1. The van der Waals surface area contributed by atoms with Crippen molar-refractivity contribution in [3.63, 3.8) is 0 Å². The minimum Gasteiger partial charge on any atom is -0.351 e. The molecular weight excluding hydrogens is 1280 g/mol. The van der Waals surface area contributed by atoms with Crippen molar-refractivity contribution in [2.24, 2.45) is 10.8 Å². The summed E-state index contributed by atoms with van der Waals surface area (Å²) in [4.78, 5) is 115. The average molecular weight is 1370 g/mol. The van der Waals surface area contributed by atoms with E-state index in [1.807, 2.05) is 39.8 Å². The summed E-state index contributed by atoms with van der Waals surface area (Å²) in [5.41, 5.74) is -0.120. The fraction of sp³-hybridized carbons (Fsp3) is 0.615. The van der Waals surface area contributed by atoms with Crippen LogP contribution in [0.1, 0.15) is 116 Å². The molecule has 0 radical (unpaired) electrons. The topological polar surface area (TPSA) is 239 Å². The molecule has 10 atom stereocenters. The highest BCUT2D eigenvalue weighted by molar-refractivity contribution is 8.00. The second kappa shape index (κ2) is 38.6. The molecule has 2 aromatic rings. The number of carbonyl (C=O) groups is 8. The smallest absolute Gasteiger partial charge is 0.247 e. The van der Waals surface area contributed by atoms with Crippen LogP contribution in [0.2, 0.25) is 0 Å². The molecule has 4 saturated heterocycles. The first-order chi connectivity index (χ1) is 34.2. The van der Waals surface area contributed by atoms with E-state index in [9.17, 15) is 38.4 Å². The van der Waals surface area contributed by atoms with Gasteiger partial charge in [-0.25, -0.2) is 0 Å². The molecule has 4 aliphatic heterocycles. The fourth-order valence-corrected chi connectivity index (χ4v) is 14.0. The third kappa shape index (κ3) is 20.7. The van der Waals surface area contributed by atoms with E-state index in [2.05, 4.69) is 42.5 Å². The molecule has 2 aromatic carbocycles. The Balaban J connectivity index is -0.00000304. The van der Waals surface area contributed by atoms with E-state index in [-0.39, 0.29) is 181 Å². The number of nitrogens with one attached hydrogen (secondary N) is 8. The van der Waals surface area contributed by atoms with Gasteiger partial charge in [-0.1, -0.05) is 88.4 Å². The van der Waals surface area contributed by atoms with Gasteiger partial charge in [0.1, 0.15) is 36.3 Å². The molecular formula is C52H94N10O8S12. The van der Waals surface area contributed by atoms with Crippen LogP contribution in [0.4, 0.5) is 0 Å². The van der Waals surface area contributed by atoms with Gasteiger partial charge in [0, 0.05) is 12.1 Å². The maximum atomic E-state index is 14.6. The highest BCUT2D eigenvalue weighted by Gasteiger charge is 2.56. The van der Waals surface area contributed by atoms with Crippen molar-refractivity contribution in [3.8, 4) is 0 Å². The lowest BCUT2D eigenvalue weighted by Crippen LogP contribution is -2.59. The number of nitrogens with zero attached hydrogens (tertiary/aromatic N) is 2. The molecule has 1 aliphatic carbocycles. The van der Waals surface area contributed by atoms with Crippen molar-refractivity contribution in [3.05, 3.63) is 71.8 Å². The maximum absolute atomic E-state index is 14.6. The molecule has 1 saturated carbocycles. The molecule has 30 heteroatoms. The monoisotopic (exact) mass is 1370 g/mol. The number of amides is 8. The van der Waals surface area contributed by atoms with Gasteiger partial charge in [0.2, 0.25) is 47.3 Å². The van der Waals surface area contributed by atoms with Crippen LogP contribution in [-0.4, -0.2) is 142 Å². The molecule has 7 rings (SSSR count). The molecule has 82 heavy (non-hydrogen) atoms. The van der Waals surface area contributed by atoms with Gasteiger partial charge in [0.15, 0.2) is 0 Å². The minimum atomic E-state index is -1.07. The van der Waals surface area contributed by atoms with Gasteiger partial charge in [0.05, 0.1) is 22.8 Å². The molecule has 18 nitrogen and oxygen atoms in total. The quantitative estimate of drug-likeness (QED) is 0.120. The van der Waals surface area contributed by atoms with E-state index >= 15 is 0 Å². The van der Waals surface area contributed by atoms with Gasteiger partial charge in [-0.3, -0.25) is 38.4 Å². The summed E-state index contributed by atoms with van der Waals surface area (Å²) < 4.78 is 0. The summed E-state index contributed by atoms with van der Waals surface area (Å²) in [6.07, 6.45) is 4.11. The lowest BCUT2D eigenvalue weighted by molar-refractivity contribution is -0.144. The van der Waals surface area contributed by atoms with Crippen LogP contribution >= 0.6 is 158 Å². The predicted octanol–water partition coefficient (Wildman–Crippen LogP) is 3.74. The van der Waals surface area contributed by atoms with Crippen molar-refractivity contribution in [2.45, 2.75) is 164 Å².